The highest BCUT2D eigenvalue weighted by atomic mass is 32.1. The van der Waals surface area contributed by atoms with Crippen molar-refractivity contribution >= 4 is 29.0 Å². The van der Waals surface area contributed by atoms with Crippen molar-refractivity contribution in [1.82, 2.24) is 5.32 Å². The van der Waals surface area contributed by atoms with Crippen molar-refractivity contribution < 1.29 is 9.59 Å². The first-order valence-corrected chi connectivity index (χ1v) is 7.51. The Morgan fingerprint density at radius 1 is 1.15 bits per heavy atom. The molecule has 5 nitrogen and oxygen atoms in total. The van der Waals surface area contributed by atoms with Crippen molar-refractivity contribution in [2.45, 2.75) is 64.3 Å². The summed E-state index contributed by atoms with van der Waals surface area (Å²) in [4.78, 5) is 24.0. The number of thiocarbonyl (C=S) groups is 1. The van der Waals surface area contributed by atoms with Gasteiger partial charge in [0.25, 0.3) is 0 Å². The molecule has 0 unspecified atom stereocenters. The van der Waals surface area contributed by atoms with Gasteiger partial charge in [-0.15, -0.1) is 0 Å². The number of primary amides is 1. The Hall–Kier alpha value is -1.17. The Kier molecular flexibility index (Phi) is 5.50. The topological polar surface area (TPSA) is 98.2 Å². The van der Waals surface area contributed by atoms with E-state index in [1.807, 2.05) is 0 Å². The minimum Gasteiger partial charge on any atom is -0.392 e. The predicted molar refractivity (Wildman–Crippen MR) is 83.0 cm³/mol. The first kappa shape index (κ1) is 16.9. The van der Waals surface area contributed by atoms with Crippen LogP contribution in [0.1, 0.15) is 58.8 Å². The highest BCUT2D eigenvalue weighted by Crippen LogP contribution is 2.36. The van der Waals surface area contributed by atoms with E-state index in [1.54, 1.807) is 13.8 Å². The maximum atomic E-state index is 12.7. The number of hydrogen-bond donors (Lipinski definition) is 3. The number of nitrogens with one attached hydrogen (secondary N) is 1. The number of nitrogens with two attached hydrogens (primary N) is 2. The largest absolute Gasteiger partial charge is 0.392 e. The van der Waals surface area contributed by atoms with Crippen LogP contribution in [0.4, 0.5) is 0 Å². The van der Waals surface area contributed by atoms with Crippen molar-refractivity contribution in [3.8, 4) is 0 Å². The zero-order valence-corrected chi connectivity index (χ0v) is 13.1. The predicted octanol–water partition coefficient (Wildman–Crippen LogP) is 1.38. The molecule has 0 aromatic rings. The average molecular weight is 299 g/mol. The number of amides is 2. The lowest BCUT2D eigenvalue weighted by Gasteiger charge is -2.35. The van der Waals surface area contributed by atoms with Crippen molar-refractivity contribution in [3.05, 3.63) is 0 Å². The zero-order chi connectivity index (χ0) is 15.4. The van der Waals surface area contributed by atoms with Gasteiger partial charge < -0.3 is 16.8 Å². The van der Waals surface area contributed by atoms with Crippen LogP contribution >= 0.6 is 12.2 Å². The average Bonchev–Trinajstić information content (AvgIpc) is 2.52. The molecule has 0 bridgehead atoms. The lowest BCUT2D eigenvalue weighted by Crippen LogP contribution is -2.55. The molecule has 20 heavy (non-hydrogen) atoms. The van der Waals surface area contributed by atoms with Gasteiger partial charge in [-0.2, -0.15) is 0 Å². The molecule has 0 aromatic heterocycles. The van der Waals surface area contributed by atoms with Gasteiger partial charge in [-0.05, 0) is 26.7 Å². The van der Waals surface area contributed by atoms with Gasteiger partial charge in [-0.1, -0.05) is 37.9 Å². The molecule has 0 saturated heterocycles. The third kappa shape index (κ3) is 4.16. The second kappa shape index (κ2) is 6.52. The Morgan fingerprint density at radius 2 is 1.65 bits per heavy atom. The second-order valence-corrected chi connectivity index (χ2v) is 6.78. The van der Waals surface area contributed by atoms with Gasteiger partial charge in [0.2, 0.25) is 11.8 Å². The number of hydrogen-bond acceptors (Lipinski definition) is 3. The minimum atomic E-state index is -0.777. The number of carbonyl (C=O) groups is 2. The molecular weight excluding hydrogens is 274 g/mol. The Balaban J connectivity index is 2.89. The second-order valence-electron chi connectivity index (χ2n) is 6.34. The molecule has 0 heterocycles. The van der Waals surface area contributed by atoms with E-state index in [1.165, 1.54) is 0 Å². The van der Waals surface area contributed by atoms with Crippen LogP contribution in [0.3, 0.4) is 0 Å². The maximum Gasteiger partial charge on any atom is 0.233 e. The standard InChI is InChI=1S/C14H25N3O2S/c1-13(2,9-10(15)18)17-12(19)14(11(16)20)7-5-3-4-6-8-14/h3-9H2,1-2H3,(H2,15,18)(H2,16,20)(H,17,19). The first-order valence-electron chi connectivity index (χ1n) is 7.10. The molecule has 0 radical (unpaired) electrons. The summed E-state index contributed by atoms with van der Waals surface area (Å²) >= 11 is 5.17. The quantitative estimate of drug-likeness (QED) is 0.527. The highest BCUT2D eigenvalue weighted by molar-refractivity contribution is 7.80. The van der Waals surface area contributed by atoms with E-state index >= 15 is 0 Å². The Labute approximate surface area is 125 Å². The van der Waals surface area contributed by atoms with Crippen LogP contribution < -0.4 is 16.8 Å². The Morgan fingerprint density at radius 3 is 2.05 bits per heavy atom. The summed E-state index contributed by atoms with van der Waals surface area (Å²) in [6.45, 7) is 3.55. The zero-order valence-electron chi connectivity index (χ0n) is 12.3. The third-order valence-electron chi connectivity index (χ3n) is 3.93. The van der Waals surface area contributed by atoms with E-state index in [0.29, 0.717) is 12.8 Å². The van der Waals surface area contributed by atoms with Crippen molar-refractivity contribution in [2.75, 3.05) is 0 Å². The normalized spacial score (nSPS) is 18.9. The lowest BCUT2D eigenvalue weighted by molar-refractivity contribution is -0.130. The molecule has 1 aliphatic rings. The number of rotatable bonds is 5. The molecule has 2 amide bonds. The molecule has 1 saturated carbocycles. The van der Waals surface area contributed by atoms with Crippen LogP contribution in [-0.4, -0.2) is 22.3 Å². The third-order valence-corrected chi connectivity index (χ3v) is 4.32. The fourth-order valence-electron chi connectivity index (χ4n) is 2.82. The molecule has 1 fully saturated rings. The van der Waals surface area contributed by atoms with Gasteiger partial charge in [0.05, 0.1) is 10.4 Å². The fourth-order valence-corrected chi connectivity index (χ4v) is 3.12. The van der Waals surface area contributed by atoms with Gasteiger partial charge in [-0.3, -0.25) is 9.59 Å². The van der Waals surface area contributed by atoms with Gasteiger partial charge in [0.15, 0.2) is 0 Å². The molecule has 6 heteroatoms. The van der Waals surface area contributed by atoms with E-state index in [2.05, 4.69) is 5.32 Å². The van der Waals surface area contributed by atoms with Gasteiger partial charge >= 0.3 is 0 Å². The van der Waals surface area contributed by atoms with Crippen LogP contribution in [0.2, 0.25) is 0 Å². The maximum absolute atomic E-state index is 12.7. The summed E-state index contributed by atoms with van der Waals surface area (Å²) in [5.74, 6) is -0.612. The SMILES string of the molecule is CC(C)(CC(N)=O)NC(=O)C1(C(N)=S)CCCCCC1. The molecule has 0 aliphatic heterocycles. The van der Waals surface area contributed by atoms with Gasteiger partial charge in [0.1, 0.15) is 0 Å². The van der Waals surface area contributed by atoms with E-state index in [0.717, 1.165) is 25.7 Å². The molecule has 0 atom stereocenters. The summed E-state index contributed by atoms with van der Waals surface area (Å²) in [7, 11) is 0. The van der Waals surface area contributed by atoms with Crippen LogP contribution in [0, 0.1) is 5.41 Å². The molecular formula is C14H25N3O2S. The summed E-state index contributed by atoms with van der Waals surface area (Å²) in [5, 5.41) is 2.90. The van der Waals surface area contributed by atoms with Crippen LogP contribution in [0.5, 0.6) is 0 Å². The molecule has 5 N–H and O–H groups in total. The van der Waals surface area contributed by atoms with Crippen molar-refractivity contribution in [1.29, 1.82) is 0 Å². The van der Waals surface area contributed by atoms with Crippen LogP contribution in [-0.2, 0) is 9.59 Å². The molecule has 1 rings (SSSR count). The molecule has 114 valence electrons. The van der Waals surface area contributed by atoms with E-state index in [4.69, 9.17) is 23.7 Å². The minimum absolute atomic E-state index is 0.0894. The van der Waals surface area contributed by atoms with Gasteiger partial charge in [-0.25, -0.2) is 0 Å². The van der Waals surface area contributed by atoms with Gasteiger partial charge in [0, 0.05) is 12.0 Å². The lowest BCUT2D eigenvalue weighted by atomic mass is 9.78. The van der Waals surface area contributed by atoms with E-state index in [9.17, 15) is 9.59 Å². The highest BCUT2D eigenvalue weighted by Gasteiger charge is 2.43. The van der Waals surface area contributed by atoms with Crippen LogP contribution in [0.25, 0.3) is 0 Å². The first-order chi connectivity index (χ1) is 9.19. The summed E-state index contributed by atoms with van der Waals surface area (Å²) in [6, 6.07) is 0. The number of carbonyl (C=O) groups excluding carboxylic acids is 2. The Bertz CT molecular complexity index is 399. The monoisotopic (exact) mass is 299 g/mol. The van der Waals surface area contributed by atoms with Crippen molar-refractivity contribution in [3.63, 3.8) is 0 Å². The summed E-state index contributed by atoms with van der Waals surface area (Å²) in [5.41, 5.74) is 9.62. The van der Waals surface area contributed by atoms with Crippen LogP contribution in [0.15, 0.2) is 0 Å². The molecule has 1 aliphatic carbocycles. The molecule has 0 aromatic carbocycles. The van der Waals surface area contributed by atoms with E-state index in [-0.39, 0.29) is 17.3 Å². The van der Waals surface area contributed by atoms with Crippen molar-refractivity contribution in [2.24, 2.45) is 16.9 Å². The fraction of sp³-hybridized carbons (Fsp3) is 0.786. The molecule has 0 spiro atoms. The van der Waals surface area contributed by atoms with E-state index < -0.39 is 16.9 Å². The summed E-state index contributed by atoms with van der Waals surface area (Å²) < 4.78 is 0. The summed E-state index contributed by atoms with van der Waals surface area (Å²) in [6.07, 6.45) is 5.54. The smallest absolute Gasteiger partial charge is 0.233 e.